The Morgan fingerprint density at radius 3 is 2.06 bits per heavy atom. The van der Waals surface area contributed by atoms with Gasteiger partial charge in [-0.3, -0.25) is 4.98 Å². The van der Waals surface area contributed by atoms with Crippen molar-refractivity contribution in [2.24, 2.45) is 0 Å². The van der Waals surface area contributed by atoms with Gasteiger partial charge in [0.15, 0.2) is 0 Å². The van der Waals surface area contributed by atoms with Crippen molar-refractivity contribution >= 4 is 47.6 Å². The van der Waals surface area contributed by atoms with Crippen LogP contribution in [0.3, 0.4) is 0 Å². The van der Waals surface area contributed by atoms with Crippen LogP contribution in [0.25, 0.3) is 58.9 Å². The molecule has 2 aliphatic carbocycles. The van der Waals surface area contributed by atoms with Crippen molar-refractivity contribution in [2.45, 2.75) is 0 Å². The largest absolute Gasteiger partial charge is 0.464 e. The molecule has 0 atom stereocenters. The lowest BCUT2D eigenvalue weighted by Gasteiger charge is -1.98. The number of fused-ring (bicyclic) bond motifs is 3. The third kappa shape index (κ3) is 2.76. The number of hydrogen-bond donors (Lipinski definition) is 0. The molecular formula is C27H17N3O2. The van der Waals surface area contributed by atoms with E-state index in [0.29, 0.717) is 0 Å². The van der Waals surface area contributed by atoms with Gasteiger partial charge in [-0.2, -0.15) is 0 Å². The molecule has 5 nitrogen and oxygen atoms in total. The number of rotatable bonds is 4. The average Bonchev–Trinajstić information content (AvgIpc) is 3.59. The lowest BCUT2D eigenvalue weighted by molar-refractivity contribution is 0.555. The summed E-state index contributed by atoms with van der Waals surface area (Å²) in [5, 5.41) is 8.70. The molecular weight excluding hydrogens is 398 g/mol. The molecule has 0 bridgehead atoms. The molecule has 0 N–H and O–H groups in total. The zero-order chi connectivity index (χ0) is 21.7. The summed E-state index contributed by atoms with van der Waals surface area (Å²) in [6.07, 6.45) is 20.9. The Bertz CT molecular complexity index is 1510. The lowest BCUT2D eigenvalue weighted by atomic mass is 10.0. The molecule has 0 saturated carbocycles. The average molecular weight is 415 g/mol. The maximum absolute atomic E-state index is 5.57. The molecule has 32 heavy (non-hydrogen) atoms. The number of allylic oxidation sites excluding steroid dienone is 4. The molecule has 6 rings (SSSR count). The van der Waals surface area contributed by atoms with Crippen molar-refractivity contribution in [1.82, 2.24) is 15.2 Å². The van der Waals surface area contributed by atoms with Crippen LogP contribution < -0.4 is 0 Å². The number of hydrogen-bond acceptors (Lipinski definition) is 5. The van der Waals surface area contributed by atoms with Crippen LogP contribution in [0.1, 0.15) is 45.2 Å². The Labute approximate surface area is 184 Å². The second-order valence-corrected chi connectivity index (χ2v) is 7.54. The van der Waals surface area contributed by atoms with Crippen molar-refractivity contribution in [2.75, 3.05) is 0 Å². The van der Waals surface area contributed by atoms with Crippen molar-refractivity contribution in [3.05, 3.63) is 101 Å². The molecule has 0 aromatic carbocycles. The van der Waals surface area contributed by atoms with Gasteiger partial charge in [0.25, 0.3) is 0 Å². The molecule has 2 aromatic heterocycles. The van der Waals surface area contributed by atoms with Gasteiger partial charge in [-0.05, 0) is 47.6 Å². The summed E-state index contributed by atoms with van der Waals surface area (Å²) in [4.78, 5) is 4.61. The first kappa shape index (κ1) is 18.3. The summed E-state index contributed by atoms with van der Waals surface area (Å²) in [5.41, 5.74) is 9.48. The molecule has 0 fully saturated rings. The number of furan rings is 2. The number of nitrogens with zero attached hydrogens (tertiary/aromatic N) is 3. The van der Waals surface area contributed by atoms with Crippen LogP contribution in [-0.2, 0) is 0 Å². The molecule has 2 aromatic rings. The first-order chi connectivity index (χ1) is 15.7. The summed E-state index contributed by atoms with van der Waals surface area (Å²) < 4.78 is 11.1. The molecule has 4 aliphatic rings. The fourth-order valence-corrected chi connectivity index (χ4v) is 4.16. The predicted molar refractivity (Wildman–Crippen MR) is 128 cm³/mol. The van der Waals surface area contributed by atoms with Gasteiger partial charge in [-0.15, -0.1) is 10.2 Å². The van der Waals surface area contributed by atoms with Crippen LogP contribution in [0.4, 0.5) is 0 Å². The number of aromatic nitrogens is 3. The van der Waals surface area contributed by atoms with E-state index < -0.39 is 0 Å². The first-order valence-corrected chi connectivity index (χ1v) is 10.2. The second kappa shape index (κ2) is 7.03. The summed E-state index contributed by atoms with van der Waals surface area (Å²) in [6, 6.07) is 3.98. The minimum Gasteiger partial charge on any atom is -0.464 e. The Hall–Kier alpha value is -4.51. The molecule has 4 heterocycles. The van der Waals surface area contributed by atoms with E-state index >= 15 is 0 Å². The van der Waals surface area contributed by atoms with E-state index in [1.165, 1.54) is 0 Å². The standard InChI is InChI=1S/C27H17N3O2/c1-3-24-26-16(5-7-18(26)14-31-24)11-20-9-10-21-22(29-30-23(21)13-28-20)12-17-6-8-19-15-32-25(4-2)27(17)19/h3-15H,1-2H2/b16-11+,17-12+. The molecule has 0 unspecified atom stereocenters. The quantitative estimate of drug-likeness (QED) is 0.376. The zero-order valence-corrected chi connectivity index (χ0v) is 17.1. The molecule has 0 amide bonds. The second-order valence-electron chi connectivity index (χ2n) is 7.54. The van der Waals surface area contributed by atoms with E-state index in [0.717, 1.165) is 67.6 Å². The summed E-state index contributed by atoms with van der Waals surface area (Å²) in [5.74, 6) is 1.51. The van der Waals surface area contributed by atoms with Crippen molar-refractivity contribution in [1.29, 1.82) is 0 Å². The van der Waals surface area contributed by atoms with Crippen LogP contribution in [-0.4, -0.2) is 15.2 Å². The fourth-order valence-electron chi connectivity index (χ4n) is 4.16. The molecule has 152 valence electrons. The minimum atomic E-state index is 0.734. The highest BCUT2D eigenvalue weighted by Gasteiger charge is 2.20. The topological polar surface area (TPSA) is 65.0 Å². The van der Waals surface area contributed by atoms with Gasteiger partial charge in [0.1, 0.15) is 17.2 Å². The first-order valence-electron chi connectivity index (χ1n) is 10.2. The highest BCUT2D eigenvalue weighted by molar-refractivity contribution is 6.01. The van der Waals surface area contributed by atoms with Gasteiger partial charge < -0.3 is 8.83 Å². The summed E-state index contributed by atoms with van der Waals surface area (Å²) in [6.45, 7) is 7.67. The maximum atomic E-state index is 5.57. The van der Waals surface area contributed by atoms with E-state index in [-0.39, 0.29) is 0 Å². The maximum Gasteiger partial charge on any atom is 0.134 e. The monoisotopic (exact) mass is 415 g/mol. The van der Waals surface area contributed by atoms with Crippen molar-refractivity contribution in [3.63, 3.8) is 0 Å². The fraction of sp³-hybridized carbons (Fsp3) is 0. The Morgan fingerprint density at radius 2 is 1.41 bits per heavy atom. The third-order valence-electron chi connectivity index (χ3n) is 5.70. The van der Waals surface area contributed by atoms with Gasteiger partial charge in [0.2, 0.25) is 0 Å². The molecule has 0 spiro atoms. The summed E-state index contributed by atoms with van der Waals surface area (Å²) >= 11 is 0. The minimum absolute atomic E-state index is 0.734. The van der Waals surface area contributed by atoms with Crippen LogP contribution in [0, 0.1) is 0 Å². The third-order valence-corrected chi connectivity index (χ3v) is 5.70. The smallest absolute Gasteiger partial charge is 0.134 e. The molecule has 0 radical (unpaired) electrons. The van der Waals surface area contributed by atoms with E-state index in [4.69, 9.17) is 8.83 Å². The van der Waals surface area contributed by atoms with Gasteiger partial charge in [0, 0.05) is 27.8 Å². The van der Waals surface area contributed by atoms with E-state index in [1.54, 1.807) is 30.9 Å². The van der Waals surface area contributed by atoms with Crippen molar-refractivity contribution in [3.8, 4) is 11.3 Å². The molecule has 0 saturated heterocycles. The van der Waals surface area contributed by atoms with E-state index in [1.807, 2.05) is 36.4 Å². The van der Waals surface area contributed by atoms with Crippen LogP contribution in [0.2, 0.25) is 0 Å². The predicted octanol–water partition coefficient (Wildman–Crippen LogP) is 6.58. The highest BCUT2D eigenvalue weighted by atomic mass is 16.3. The van der Waals surface area contributed by atoms with Gasteiger partial charge in [0.05, 0.1) is 30.1 Å². The van der Waals surface area contributed by atoms with Gasteiger partial charge in [-0.25, -0.2) is 0 Å². The van der Waals surface area contributed by atoms with E-state index in [9.17, 15) is 0 Å². The zero-order valence-electron chi connectivity index (χ0n) is 17.1. The highest BCUT2D eigenvalue weighted by Crippen LogP contribution is 2.37. The normalized spacial score (nSPS) is 16.2. The Balaban J connectivity index is 1.40. The SMILES string of the molecule is C=Cc1occ2c1/C(=C/c1ccc3c(/C=C4\C=Cc5coc(C=C)c54)nnc-3cn1)C=C2. The van der Waals surface area contributed by atoms with Crippen LogP contribution in [0.15, 0.2) is 65.0 Å². The van der Waals surface area contributed by atoms with Crippen LogP contribution in [0.5, 0.6) is 0 Å². The van der Waals surface area contributed by atoms with E-state index in [2.05, 4.69) is 40.5 Å². The van der Waals surface area contributed by atoms with Gasteiger partial charge >= 0.3 is 0 Å². The van der Waals surface area contributed by atoms with Crippen LogP contribution >= 0.6 is 0 Å². The molecule has 5 heteroatoms. The summed E-state index contributed by atoms with van der Waals surface area (Å²) in [7, 11) is 0. The lowest BCUT2D eigenvalue weighted by Crippen LogP contribution is -1.82. The van der Waals surface area contributed by atoms with Gasteiger partial charge in [-0.1, -0.05) is 37.5 Å². The molecule has 2 aliphatic heterocycles. The van der Waals surface area contributed by atoms with Crippen molar-refractivity contribution < 1.29 is 8.83 Å². The Morgan fingerprint density at radius 1 is 0.750 bits per heavy atom. The Kier molecular flexibility index (Phi) is 4.01.